The van der Waals surface area contributed by atoms with Crippen LogP contribution in [-0.4, -0.2) is 62.1 Å². The molecule has 2 atom stereocenters. The van der Waals surface area contributed by atoms with Crippen LogP contribution < -0.4 is 4.90 Å². The number of anilines is 1. The van der Waals surface area contributed by atoms with Gasteiger partial charge in [0.2, 0.25) is 0 Å². The van der Waals surface area contributed by atoms with E-state index in [2.05, 4.69) is 0 Å². The number of methoxy groups -OCH3 is 1. The number of hydrogen-bond acceptors (Lipinski definition) is 5. The van der Waals surface area contributed by atoms with Crippen LogP contribution in [0, 0.1) is 6.92 Å². The van der Waals surface area contributed by atoms with E-state index in [1.807, 2.05) is 25.1 Å². The van der Waals surface area contributed by atoms with E-state index in [0.717, 1.165) is 11.1 Å². The second-order valence-electron chi connectivity index (χ2n) is 8.22. The number of carbonyl (C=O) groups is 3. The van der Waals surface area contributed by atoms with Crippen molar-refractivity contribution in [1.29, 1.82) is 0 Å². The maximum Gasteiger partial charge on any atom is 0.329 e. The highest BCUT2D eigenvalue weighted by molar-refractivity contribution is 6.11. The molecule has 2 amide bonds. The first-order chi connectivity index (χ1) is 15.5. The van der Waals surface area contributed by atoms with Crippen LogP contribution in [0.3, 0.4) is 0 Å². The second kappa shape index (κ2) is 9.12. The molecule has 0 N–H and O–H groups in total. The van der Waals surface area contributed by atoms with Gasteiger partial charge < -0.3 is 14.4 Å². The van der Waals surface area contributed by atoms with Crippen molar-refractivity contribution in [2.75, 3.05) is 38.3 Å². The Kier molecular flexibility index (Phi) is 6.28. The van der Waals surface area contributed by atoms with Gasteiger partial charge in [-0.25, -0.2) is 4.79 Å². The fourth-order valence-corrected chi connectivity index (χ4v) is 4.64. The highest BCUT2D eigenvalue weighted by atomic mass is 16.5. The zero-order valence-corrected chi connectivity index (χ0v) is 18.7. The van der Waals surface area contributed by atoms with Gasteiger partial charge in [0.1, 0.15) is 6.04 Å². The summed E-state index contributed by atoms with van der Waals surface area (Å²) in [5.41, 5.74) is 3.57. The SMILES string of the molecule is CCOC(=O)[C@@H]1C[C@H]2CN(CCOC)C(=O)c3cccc(c32)N1C(=O)c1ccc(C)cc1. The third-order valence-corrected chi connectivity index (χ3v) is 6.17. The Balaban J connectivity index is 1.80. The maximum atomic E-state index is 13.6. The van der Waals surface area contributed by atoms with Crippen LogP contribution in [0.1, 0.15) is 51.1 Å². The first kappa shape index (κ1) is 22.0. The van der Waals surface area contributed by atoms with E-state index in [9.17, 15) is 14.4 Å². The quantitative estimate of drug-likeness (QED) is 0.650. The van der Waals surface area contributed by atoms with Crippen molar-refractivity contribution >= 4 is 23.5 Å². The van der Waals surface area contributed by atoms with Crippen molar-refractivity contribution in [3.8, 4) is 0 Å². The lowest BCUT2D eigenvalue weighted by Crippen LogP contribution is -2.53. The Bertz CT molecular complexity index is 1030. The van der Waals surface area contributed by atoms with Crippen molar-refractivity contribution in [3.05, 3.63) is 64.7 Å². The van der Waals surface area contributed by atoms with Gasteiger partial charge in [-0.2, -0.15) is 0 Å². The van der Waals surface area contributed by atoms with Crippen molar-refractivity contribution in [2.45, 2.75) is 32.2 Å². The first-order valence-electron chi connectivity index (χ1n) is 10.9. The normalized spacial score (nSPS) is 19.5. The number of esters is 1. The van der Waals surface area contributed by atoms with Crippen LogP contribution in [0.4, 0.5) is 5.69 Å². The minimum absolute atomic E-state index is 0.0627. The number of aryl methyl sites for hydroxylation is 1. The van der Waals surface area contributed by atoms with Crippen LogP contribution in [0.25, 0.3) is 0 Å². The van der Waals surface area contributed by atoms with Crippen LogP contribution in [0.15, 0.2) is 42.5 Å². The van der Waals surface area contributed by atoms with E-state index in [1.165, 1.54) is 4.90 Å². The zero-order chi connectivity index (χ0) is 22.8. The summed E-state index contributed by atoms with van der Waals surface area (Å²) >= 11 is 0. The Morgan fingerprint density at radius 3 is 2.56 bits per heavy atom. The number of ether oxygens (including phenoxy) is 2. The summed E-state index contributed by atoms with van der Waals surface area (Å²) in [5, 5.41) is 0. The third-order valence-electron chi connectivity index (χ3n) is 6.17. The monoisotopic (exact) mass is 436 g/mol. The van der Waals surface area contributed by atoms with Crippen LogP contribution >= 0.6 is 0 Å². The molecule has 0 saturated heterocycles. The molecule has 2 aliphatic rings. The Morgan fingerprint density at radius 1 is 1.12 bits per heavy atom. The molecule has 0 saturated carbocycles. The molecule has 0 aliphatic carbocycles. The van der Waals surface area contributed by atoms with Crippen molar-refractivity contribution in [3.63, 3.8) is 0 Å². The Hall–Kier alpha value is -3.19. The van der Waals surface area contributed by atoms with E-state index >= 15 is 0 Å². The predicted octanol–water partition coefficient (Wildman–Crippen LogP) is 3.16. The average molecular weight is 437 g/mol. The Labute approximate surface area is 187 Å². The van der Waals surface area contributed by atoms with Gasteiger partial charge in [-0.05, 0) is 50.1 Å². The fraction of sp³-hybridized carbons (Fsp3) is 0.400. The van der Waals surface area contributed by atoms with Gasteiger partial charge in [-0.15, -0.1) is 0 Å². The summed E-state index contributed by atoms with van der Waals surface area (Å²) in [6.07, 6.45) is 0.400. The molecule has 32 heavy (non-hydrogen) atoms. The molecule has 0 spiro atoms. The first-order valence-corrected chi connectivity index (χ1v) is 10.9. The summed E-state index contributed by atoms with van der Waals surface area (Å²) in [7, 11) is 1.60. The highest BCUT2D eigenvalue weighted by Gasteiger charge is 2.45. The summed E-state index contributed by atoms with van der Waals surface area (Å²) < 4.78 is 10.5. The molecule has 0 fully saturated rings. The number of carbonyl (C=O) groups excluding carboxylic acids is 3. The van der Waals surface area contributed by atoms with Gasteiger partial charge in [-0.1, -0.05) is 23.8 Å². The van der Waals surface area contributed by atoms with Gasteiger partial charge in [0.15, 0.2) is 0 Å². The standard InChI is InChI=1S/C25H28N2O5/c1-4-32-25(30)21-14-18-15-26(12-13-31-3)24(29)19-6-5-7-20(22(18)19)27(21)23(28)17-10-8-16(2)9-11-17/h5-11,18,21H,4,12-15H2,1-3H3/t18-,21-/m0/s1. The topological polar surface area (TPSA) is 76.2 Å². The lowest BCUT2D eigenvalue weighted by molar-refractivity contribution is -0.145. The average Bonchev–Trinajstić information content (AvgIpc) is 2.80. The lowest BCUT2D eigenvalue weighted by Gasteiger charge is -2.44. The van der Waals surface area contributed by atoms with Gasteiger partial charge in [-0.3, -0.25) is 14.5 Å². The van der Waals surface area contributed by atoms with Crippen molar-refractivity contribution < 1.29 is 23.9 Å². The minimum Gasteiger partial charge on any atom is -0.464 e. The molecule has 0 radical (unpaired) electrons. The lowest BCUT2D eigenvalue weighted by atomic mass is 9.79. The second-order valence-corrected chi connectivity index (χ2v) is 8.22. The van der Waals surface area contributed by atoms with Crippen molar-refractivity contribution in [2.24, 2.45) is 0 Å². The minimum atomic E-state index is -0.756. The fourth-order valence-electron chi connectivity index (χ4n) is 4.64. The molecular formula is C25H28N2O5. The van der Waals surface area contributed by atoms with E-state index < -0.39 is 12.0 Å². The molecule has 2 heterocycles. The maximum absolute atomic E-state index is 13.6. The molecule has 4 rings (SSSR count). The number of amides is 2. The molecule has 0 bridgehead atoms. The molecule has 7 heteroatoms. The molecule has 168 valence electrons. The summed E-state index contributed by atoms with van der Waals surface area (Å²) in [6, 6.07) is 11.9. The molecule has 2 aromatic carbocycles. The van der Waals surface area contributed by atoms with Gasteiger partial charge in [0.25, 0.3) is 11.8 Å². The molecule has 0 unspecified atom stereocenters. The summed E-state index contributed by atoms with van der Waals surface area (Å²) in [6.45, 7) is 5.34. The number of rotatable bonds is 6. The number of benzene rings is 2. The van der Waals surface area contributed by atoms with Crippen molar-refractivity contribution in [1.82, 2.24) is 4.90 Å². The van der Waals surface area contributed by atoms with Gasteiger partial charge >= 0.3 is 5.97 Å². The van der Waals surface area contributed by atoms with Crippen LogP contribution in [-0.2, 0) is 14.3 Å². The molecule has 2 aromatic rings. The molecule has 0 aromatic heterocycles. The molecular weight excluding hydrogens is 408 g/mol. The zero-order valence-electron chi connectivity index (χ0n) is 18.7. The highest BCUT2D eigenvalue weighted by Crippen LogP contribution is 2.44. The van der Waals surface area contributed by atoms with E-state index in [-0.39, 0.29) is 24.3 Å². The number of nitrogens with zero attached hydrogens (tertiary/aromatic N) is 2. The van der Waals surface area contributed by atoms with Gasteiger partial charge in [0.05, 0.1) is 13.2 Å². The summed E-state index contributed by atoms with van der Waals surface area (Å²) in [5.74, 6) is -0.840. The van der Waals surface area contributed by atoms with E-state index in [4.69, 9.17) is 9.47 Å². The van der Waals surface area contributed by atoms with E-state index in [1.54, 1.807) is 43.2 Å². The van der Waals surface area contributed by atoms with Crippen LogP contribution in [0.2, 0.25) is 0 Å². The largest absolute Gasteiger partial charge is 0.464 e. The predicted molar refractivity (Wildman–Crippen MR) is 120 cm³/mol. The van der Waals surface area contributed by atoms with Crippen LogP contribution in [0.5, 0.6) is 0 Å². The van der Waals surface area contributed by atoms with E-state index in [0.29, 0.717) is 42.9 Å². The molecule has 7 nitrogen and oxygen atoms in total. The van der Waals surface area contributed by atoms with Gasteiger partial charge in [0, 0.05) is 42.9 Å². The summed E-state index contributed by atoms with van der Waals surface area (Å²) in [4.78, 5) is 43.0. The third kappa shape index (κ3) is 3.88. The smallest absolute Gasteiger partial charge is 0.329 e. The molecule has 2 aliphatic heterocycles. The number of hydrogen-bond donors (Lipinski definition) is 0. The Morgan fingerprint density at radius 2 is 1.88 bits per heavy atom.